The van der Waals surface area contributed by atoms with Crippen LogP contribution in [0.25, 0.3) is 0 Å². The maximum Gasteiger partial charge on any atom is 0.325 e. The quantitative estimate of drug-likeness (QED) is 0.763. The maximum absolute atomic E-state index is 12.0. The molecule has 1 atom stereocenters. The molecule has 114 valence electrons. The van der Waals surface area contributed by atoms with Crippen LogP contribution in [-0.4, -0.2) is 46.7 Å². The molecule has 1 aliphatic rings. The third-order valence-electron chi connectivity index (χ3n) is 3.26. The Morgan fingerprint density at radius 3 is 2.52 bits per heavy atom. The first-order valence-corrected chi connectivity index (χ1v) is 6.84. The minimum absolute atomic E-state index is 0.0619. The van der Waals surface area contributed by atoms with Crippen LogP contribution in [0.2, 0.25) is 0 Å². The van der Waals surface area contributed by atoms with Gasteiger partial charge in [-0.05, 0) is 19.4 Å². The standard InChI is InChI=1S/C15H20N2O4/c1-15(2)13(19)17(14(20)16-15)8-12(18)10-21-9-11-6-4-3-5-7-11/h3-7,12,18H,8-10H2,1-2H3,(H,16,20)/t12-/m0/s1. The second kappa shape index (κ2) is 6.24. The lowest BCUT2D eigenvalue weighted by atomic mass is 10.1. The lowest BCUT2D eigenvalue weighted by molar-refractivity contribution is -0.131. The number of rotatable bonds is 6. The molecule has 6 heteroatoms. The molecule has 1 aromatic carbocycles. The molecule has 3 amide bonds. The predicted molar refractivity (Wildman–Crippen MR) is 76.4 cm³/mol. The van der Waals surface area contributed by atoms with Gasteiger partial charge in [-0.2, -0.15) is 0 Å². The van der Waals surface area contributed by atoms with Crippen molar-refractivity contribution in [3.8, 4) is 0 Å². The number of aliphatic hydroxyl groups excluding tert-OH is 1. The van der Waals surface area contributed by atoms with Crippen LogP contribution in [-0.2, 0) is 16.1 Å². The highest BCUT2D eigenvalue weighted by atomic mass is 16.5. The average Bonchev–Trinajstić information content (AvgIpc) is 2.62. The molecule has 0 saturated carbocycles. The number of carbonyl (C=O) groups excluding carboxylic acids is 2. The molecular formula is C15H20N2O4. The van der Waals surface area contributed by atoms with Crippen molar-refractivity contribution in [2.75, 3.05) is 13.2 Å². The molecule has 0 aliphatic carbocycles. The summed E-state index contributed by atoms with van der Waals surface area (Å²) < 4.78 is 5.39. The Hall–Kier alpha value is -1.92. The SMILES string of the molecule is CC1(C)NC(=O)N(C[C@H](O)COCc2ccccc2)C1=O. The van der Waals surface area contributed by atoms with Crippen LogP contribution in [0.15, 0.2) is 30.3 Å². The summed E-state index contributed by atoms with van der Waals surface area (Å²) in [4.78, 5) is 24.7. The van der Waals surface area contributed by atoms with Gasteiger partial charge in [0.15, 0.2) is 0 Å². The van der Waals surface area contributed by atoms with Gasteiger partial charge in [0.1, 0.15) is 5.54 Å². The largest absolute Gasteiger partial charge is 0.389 e. The molecule has 0 spiro atoms. The minimum Gasteiger partial charge on any atom is -0.389 e. The van der Waals surface area contributed by atoms with E-state index in [1.807, 2.05) is 30.3 Å². The summed E-state index contributed by atoms with van der Waals surface area (Å²) in [6.45, 7) is 3.63. The summed E-state index contributed by atoms with van der Waals surface area (Å²) in [6.07, 6.45) is -0.905. The van der Waals surface area contributed by atoms with Crippen molar-refractivity contribution in [3.05, 3.63) is 35.9 Å². The Balaban J connectivity index is 1.78. The lowest BCUT2D eigenvalue weighted by Gasteiger charge is -2.19. The fraction of sp³-hybridized carbons (Fsp3) is 0.467. The smallest absolute Gasteiger partial charge is 0.325 e. The fourth-order valence-electron chi connectivity index (χ4n) is 2.13. The van der Waals surface area contributed by atoms with Crippen molar-refractivity contribution in [1.29, 1.82) is 0 Å². The number of hydrogen-bond donors (Lipinski definition) is 2. The van der Waals surface area contributed by atoms with Gasteiger partial charge in [-0.15, -0.1) is 0 Å². The summed E-state index contributed by atoms with van der Waals surface area (Å²) in [5.41, 5.74) is 0.0858. The minimum atomic E-state index is -0.915. The van der Waals surface area contributed by atoms with Crippen molar-refractivity contribution in [2.45, 2.75) is 32.1 Å². The Labute approximate surface area is 123 Å². The summed E-state index contributed by atoms with van der Waals surface area (Å²) >= 11 is 0. The molecule has 1 aliphatic heterocycles. The highest BCUT2D eigenvalue weighted by Crippen LogP contribution is 2.16. The summed E-state index contributed by atoms with van der Waals surface area (Å²) in [7, 11) is 0. The summed E-state index contributed by atoms with van der Waals surface area (Å²) in [5, 5.41) is 12.5. The maximum atomic E-state index is 12.0. The lowest BCUT2D eigenvalue weighted by Crippen LogP contribution is -2.42. The number of benzene rings is 1. The molecule has 1 heterocycles. The number of β-amino-alcohol motifs (C(OH)–C–C–N with tert-alkyl or cyclic N) is 1. The van der Waals surface area contributed by atoms with Crippen LogP contribution in [0.4, 0.5) is 4.79 Å². The molecule has 0 bridgehead atoms. The van der Waals surface area contributed by atoms with Crippen molar-refractivity contribution < 1.29 is 19.4 Å². The molecule has 2 N–H and O–H groups in total. The molecule has 21 heavy (non-hydrogen) atoms. The molecule has 1 fully saturated rings. The van der Waals surface area contributed by atoms with E-state index in [9.17, 15) is 14.7 Å². The highest BCUT2D eigenvalue weighted by molar-refractivity contribution is 6.06. The van der Waals surface area contributed by atoms with Gasteiger partial charge >= 0.3 is 6.03 Å². The van der Waals surface area contributed by atoms with Gasteiger partial charge in [0.2, 0.25) is 0 Å². The number of amides is 3. The van der Waals surface area contributed by atoms with Crippen molar-refractivity contribution in [2.24, 2.45) is 0 Å². The second-order valence-corrected chi connectivity index (χ2v) is 5.63. The number of aliphatic hydroxyl groups is 1. The first-order valence-electron chi connectivity index (χ1n) is 6.84. The van der Waals surface area contributed by atoms with Crippen molar-refractivity contribution in [1.82, 2.24) is 10.2 Å². The summed E-state index contributed by atoms with van der Waals surface area (Å²) in [5.74, 6) is -0.338. The molecule has 0 aromatic heterocycles. The number of nitrogens with zero attached hydrogens (tertiary/aromatic N) is 1. The number of hydrogen-bond acceptors (Lipinski definition) is 4. The third-order valence-corrected chi connectivity index (χ3v) is 3.26. The fourth-order valence-corrected chi connectivity index (χ4v) is 2.13. The highest BCUT2D eigenvalue weighted by Gasteiger charge is 2.44. The second-order valence-electron chi connectivity index (χ2n) is 5.63. The zero-order valence-corrected chi connectivity index (χ0v) is 12.2. The summed E-state index contributed by atoms with van der Waals surface area (Å²) in [6, 6.07) is 9.10. The van der Waals surface area contributed by atoms with E-state index in [2.05, 4.69) is 5.32 Å². The van der Waals surface area contributed by atoms with Gasteiger partial charge < -0.3 is 15.2 Å². The van der Waals surface area contributed by atoms with Gasteiger partial charge in [0.05, 0.1) is 25.9 Å². The number of imide groups is 1. The topological polar surface area (TPSA) is 78.9 Å². The first-order chi connectivity index (χ1) is 9.90. The van der Waals surface area contributed by atoms with Crippen LogP contribution in [0, 0.1) is 0 Å². The van der Waals surface area contributed by atoms with Gasteiger partial charge in [-0.1, -0.05) is 30.3 Å². The Bertz CT molecular complexity index is 516. The number of urea groups is 1. The molecule has 0 radical (unpaired) electrons. The van der Waals surface area contributed by atoms with Crippen molar-refractivity contribution in [3.63, 3.8) is 0 Å². The van der Waals surface area contributed by atoms with Gasteiger partial charge in [0, 0.05) is 0 Å². The zero-order valence-electron chi connectivity index (χ0n) is 12.2. The van der Waals surface area contributed by atoms with E-state index in [0.29, 0.717) is 6.61 Å². The van der Waals surface area contributed by atoms with E-state index in [0.717, 1.165) is 10.5 Å². The van der Waals surface area contributed by atoms with Crippen LogP contribution in [0.5, 0.6) is 0 Å². The Morgan fingerprint density at radius 2 is 1.95 bits per heavy atom. The number of ether oxygens (including phenoxy) is 1. The monoisotopic (exact) mass is 292 g/mol. The Morgan fingerprint density at radius 1 is 1.29 bits per heavy atom. The zero-order chi connectivity index (χ0) is 15.5. The molecule has 0 unspecified atom stereocenters. The third kappa shape index (κ3) is 3.80. The van der Waals surface area contributed by atoms with Crippen molar-refractivity contribution >= 4 is 11.9 Å². The van der Waals surface area contributed by atoms with Gasteiger partial charge in [0.25, 0.3) is 5.91 Å². The average molecular weight is 292 g/mol. The Kier molecular flexibility index (Phi) is 4.59. The normalized spacial score (nSPS) is 18.7. The first kappa shape index (κ1) is 15.5. The molecular weight excluding hydrogens is 272 g/mol. The van der Waals surface area contributed by atoms with Crippen LogP contribution in [0.3, 0.4) is 0 Å². The molecule has 1 saturated heterocycles. The van der Waals surface area contributed by atoms with E-state index in [1.165, 1.54) is 0 Å². The van der Waals surface area contributed by atoms with E-state index in [1.54, 1.807) is 13.8 Å². The molecule has 1 aromatic rings. The van der Waals surface area contributed by atoms with Crippen LogP contribution < -0.4 is 5.32 Å². The number of nitrogens with one attached hydrogen (secondary N) is 1. The molecule has 6 nitrogen and oxygen atoms in total. The van der Waals surface area contributed by atoms with Gasteiger partial charge in [-0.25, -0.2) is 4.79 Å². The van der Waals surface area contributed by atoms with Gasteiger partial charge in [-0.3, -0.25) is 9.69 Å². The predicted octanol–water partition coefficient (Wildman–Crippen LogP) is 0.894. The van der Waals surface area contributed by atoms with E-state index >= 15 is 0 Å². The van der Waals surface area contributed by atoms with Crippen LogP contribution in [0.1, 0.15) is 19.4 Å². The van der Waals surface area contributed by atoms with E-state index in [-0.39, 0.29) is 19.1 Å². The van der Waals surface area contributed by atoms with E-state index in [4.69, 9.17) is 4.74 Å². The van der Waals surface area contributed by atoms with Crippen LogP contribution >= 0.6 is 0 Å². The number of carbonyl (C=O) groups is 2. The van der Waals surface area contributed by atoms with E-state index < -0.39 is 17.7 Å². The molecule has 2 rings (SSSR count).